The summed E-state index contributed by atoms with van der Waals surface area (Å²) in [7, 11) is 1.75. The van der Waals surface area contributed by atoms with E-state index in [1.54, 1.807) is 38.7 Å². The first-order chi connectivity index (χ1) is 11.7. The second kappa shape index (κ2) is 7.51. The number of ether oxygens (including phenoxy) is 1. The molecule has 0 aliphatic rings. The van der Waals surface area contributed by atoms with Crippen LogP contribution in [0.3, 0.4) is 0 Å². The van der Waals surface area contributed by atoms with E-state index in [0.717, 1.165) is 5.56 Å². The molecule has 1 aromatic heterocycles. The van der Waals surface area contributed by atoms with Gasteiger partial charge in [-0.05, 0) is 33.3 Å². The number of aromatic nitrogens is 2. The molecule has 6 heteroatoms. The highest BCUT2D eigenvalue weighted by Gasteiger charge is 2.29. The van der Waals surface area contributed by atoms with Gasteiger partial charge in [0.15, 0.2) is 5.78 Å². The number of ketones is 1. The van der Waals surface area contributed by atoms with E-state index < -0.39 is 11.7 Å². The smallest absolute Gasteiger partial charge is 0.411 e. The summed E-state index contributed by atoms with van der Waals surface area (Å²) in [6.45, 7) is 7.23. The predicted molar refractivity (Wildman–Crippen MR) is 95.3 cm³/mol. The van der Waals surface area contributed by atoms with Gasteiger partial charge in [0, 0.05) is 13.2 Å². The third kappa shape index (κ3) is 5.17. The van der Waals surface area contributed by atoms with Crippen molar-refractivity contribution >= 4 is 11.9 Å². The number of carbonyl (C=O) groups excluding carboxylic acids is 2. The monoisotopic (exact) mass is 343 g/mol. The van der Waals surface area contributed by atoms with Crippen LogP contribution < -0.4 is 0 Å². The van der Waals surface area contributed by atoms with E-state index in [0.29, 0.717) is 5.56 Å². The third-order valence-electron chi connectivity index (χ3n) is 3.72. The topological polar surface area (TPSA) is 64.4 Å². The van der Waals surface area contributed by atoms with Crippen molar-refractivity contribution < 1.29 is 14.3 Å². The first-order valence-electron chi connectivity index (χ1n) is 8.24. The van der Waals surface area contributed by atoms with Crippen LogP contribution in [0.1, 0.15) is 49.7 Å². The number of aryl methyl sites for hydroxylation is 1. The Kier molecular flexibility index (Phi) is 5.62. The lowest BCUT2D eigenvalue weighted by atomic mass is 10.1. The Morgan fingerprint density at radius 1 is 1.24 bits per heavy atom. The van der Waals surface area contributed by atoms with Crippen LogP contribution in [-0.4, -0.2) is 38.7 Å². The molecule has 0 radical (unpaired) electrons. The summed E-state index contributed by atoms with van der Waals surface area (Å²) in [5.41, 5.74) is 0.770. The fraction of sp³-hybridized carbons (Fsp3) is 0.421. The minimum absolute atomic E-state index is 0.0728. The minimum atomic E-state index is -0.636. The molecule has 1 atom stereocenters. The zero-order valence-electron chi connectivity index (χ0n) is 15.4. The van der Waals surface area contributed by atoms with Crippen LogP contribution in [-0.2, 0) is 11.8 Å². The molecule has 0 aliphatic carbocycles. The molecule has 25 heavy (non-hydrogen) atoms. The molecule has 0 spiro atoms. The number of hydrogen-bond donors (Lipinski definition) is 0. The van der Waals surface area contributed by atoms with Crippen molar-refractivity contribution in [3.63, 3.8) is 0 Å². The summed E-state index contributed by atoms with van der Waals surface area (Å²) < 4.78 is 7.06. The molecule has 1 aromatic carbocycles. The Labute approximate surface area is 148 Å². The number of Topliss-reactive ketones (excluding diaryl/α,β-unsaturated/α-hetero) is 1. The van der Waals surface area contributed by atoms with Crippen molar-refractivity contribution in [2.45, 2.75) is 39.3 Å². The van der Waals surface area contributed by atoms with Crippen LogP contribution >= 0.6 is 0 Å². The molecule has 0 saturated heterocycles. The van der Waals surface area contributed by atoms with Gasteiger partial charge >= 0.3 is 6.09 Å². The Morgan fingerprint density at radius 2 is 1.88 bits per heavy atom. The van der Waals surface area contributed by atoms with E-state index in [2.05, 4.69) is 5.10 Å². The maximum absolute atomic E-state index is 12.7. The van der Waals surface area contributed by atoms with E-state index in [9.17, 15) is 9.59 Å². The van der Waals surface area contributed by atoms with Crippen LogP contribution in [0, 0.1) is 0 Å². The zero-order chi connectivity index (χ0) is 18.6. The quantitative estimate of drug-likeness (QED) is 0.778. The highest BCUT2D eigenvalue weighted by atomic mass is 16.6. The van der Waals surface area contributed by atoms with E-state index in [1.165, 1.54) is 11.1 Å². The van der Waals surface area contributed by atoms with Gasteiger partial charge < -0.3 is 4.74 Å². The molecule has 0 aliphatic heterocycles. The SMILES string of the molecule is CC(c1ccccc1)N(CC(=O)c1cnn(C)c1)C(=O)OC(C)(C)C. The number of rotatable bonds is 5. The number of nitrogens with zero attached hydrogens (tertiary/aromatic N) is 3. The first kappa shape index (κ1) is 18.7. The molecule has 0 fully saturated rings. The lowest BCUT2D eigenvalue weighted by molar-refractivity contribution is 0.0174. The average molecular weight is 343 g/mol. The number of benzene rings is 1. The van der Waals surface area contributed by atoms with E-state index in [4.69, 9.17) is 4.74 Å². The summed E-state index contributed by atoms with van der Waals surface area (Å²) in [6, 6.07) is 9.28. The third-order valence-corrected chi connectivity index (χ3v) is 3.72. The van der Waals surface area contributed by atoms with Crippen LogP contribution in [0.4, 0.5) is 4.79 Å². The Hall–Kier alpha value is -2.63. The summed E-state index contributed by atoms with van der Waals surface area (Å²) in [4.78, 5) is 26.7. The van der Waals surface area contributed by atoms with Crippen molar-refractivity contribution in [2.75, 3.05) is 6.54 Å². The maximum atomic E-state index is 12.7. The molecule has 1 amide bonds. The fourth-order valence-electron chi connectivity index (χ4n) is 2.40. The van der Waals surface area contributed by atoms with E-state index in [1.807, 2.05) is 37.3 Å². The van der Waals surface area contributed by atoms with Crippen molar-refractivity contribution in [3.05, 3.63) is 53.9 Å². The Morgan fingerprint density at radius 3 is 2.40 bits per heavy atom. The molecule has 0 saturated carbocycles. The van der Waals surface area contributed by atoms with Crippen LogP contribution in [0.5, 0.6) is 0 Å². The van der Waals surface area contributed by atoms with Crippen LogP contribution in [0.25, 0.3) is 0 Å². The highest BCUT2D eigenvalue weighted by Crippen LogP contribution is 2.23. The summed E-state index contributed by atoms with van der Waals surface area (Å²) in [5, 5.41) is 4.01. The Balaban J connectivity index is 2.25. The van der Waals surface area contributed by atoms with E-state index in [-0.39, 0.29) is 18.4 Å². The number of hydrogen-bond acceptors (Lipinski definition) is 4. The van der Waals surface area contributed by atoms with Crippen molar-refractivity contribution in [2.24, 2.45) is 7.05 Å². The van der Waals surface area contributed by atoms with Gasteiger partial charge in [0.05, 0.1) is 24.3 Å². The van der Waals surface area contributed by atoms with Crippen LogP contribution in [0.15, 0.2) is 42.7 Å². The van der Waals surface area contributed by atoms with Crippen molar-refractivity contribution in [1.29, 1.82) is 0 Å². The summed E-state index contributed by atoms with van der Waals surface area (Å²) in [6.07, 6.45) is 2.63. The Bertz CT molecular complexity index is 732. The number of carbonyl (C=O) groups is 2. The molecule has 0 N–H and O–H groups in total. The second-order valence-electron chi connectivity index (χ2n) is 7.02. The molecular formula is C19H25N3O3. The van der Waals surface area contributed by atoms with Gasteiger partial charge in [-0.1, -0.05) is 30.3 Å². The van der Waals surface area contributed by atoms with Crippen molar-refractivity contribution in [3.8, 4) is 0 Å². The molecule has 134 valence electrons. The lowest BCUT2D eigenvalue weighted by Crippen LogP contribution is -2.41. The molecule has 0 bridgehead atoms. The molecule has 6 nitrogen and oxygen atoms in total. The maximum Gasteiger partial charge on any atom is 0.411 e. The highest BCUT2D eigenvalue weighted by molar-refractivity contribution is 5.98. The van der Waals surface area contributed by atoms with Gasteiger partial charge in [-0.3, -0.25) is 14.4 Å². The largest absolute Gasteiger partial charge is 0.444 e. The first-order valence-corrected chi connectivity index (χ1v) is 8.24. The molecule has 1 heterocycles. The normalized spacial score (nSPS) is 12.5. The number of amides is 1. The summed E-state index contributed by atoms with van der Waals surface area (Å²) >= 11 is 0. The van der Waals surface area contributed by atoms with Gasteiger partial charge in [-0.2, -0.15) is 5.10 Å². The average Bonchev–Trinajstić information content (AvgIpc) is 2.97. The standard InChI is InChI=1S/C19H25N3O3/c1-14(15-9-7-6-8-10-15)22(18(24)25-19(2,3)4)13-17(23)16-11-20-21(5)12-16/h6-12,14H,13H2,1-5H3. The molecule has 2 rings (SSSR count). The second-order valence-corrected chi connectivity index (χ2v) is 7.02. The minimum Gasteiger partial charge on any atom is -0.444 e. The van der Waals surface area contributed by atoms with E-state index >= 15 is 0 Å². The predicted octanol–water partition coefficient (Wildman–Crippen LogP) is 3.60. The van der Waals surface area contributed by atoms with Gasteiger partial charge in [-0.15, -0.1) is 0 Å². The summed E-state index contributed by atoms with van der Waals surface area (Å²) in [5.74, 6) is -0.179. The van der Waals surface area contributed by atoms with Crippen LogP contribution in [0.2, 0.25) is 0 Å². The molecule has 2 aromatic rings. The van der Waals surface area contributed by atoms with Gasteiger partial charge in [0.1, 0.15) is 5.60 Å². The molecular weight excluding hydrogens is 318 g/mol. The van der Waals surface area contributed by atoms with Gasteiger partial charge in [0.25, 0.3) is 0 Å². The van der Waals surface area contributed by atoms with Gasteiger partial charge in [0.2, 0.25) is 0 Å². The zero-order valence-corrected chi connectivity index (χ0v) is 15.4. The van der Waals surface area contributed by atoms with Gasteiger partial charge in [-0.25, -0.2) is 4.79 Å². The lowest BCUT2D eigenvalue weighted by Gasteiger charge is -2.31. The van der Waals surface area contributed by atoms with Crippen molar-refractivity contribution in [1.82, 2.24) is 14.7 Å². The fourth-order valence-corrected chi connectivity index (χ4v) is 2.40. The molecule has 1 unspecified atom stereocenters.